The van der Waals surface area contributed by atoms with Crippen LogP contribution in [0.5, 0.6) is 5.75 Å². The first-order valence-electron chi connectivity index (χ1n) is 10.5. The van der Waals surface area contributed by atoms with Gasteiger partial charge in [-0.1, -0.05) is 29.8 Å². The van der Waals surface area contributed by atoms with Crippen molar-refractivity contribution in [3.05, 3.63) is 64.7 Å². The summed E-state index contributed by atoms with van der Waals surface area (Å²) in [6.07, 6.45) is 0.828. The van der Waals surface area contributed by atoms with Crippen molar-refractivity contribution in [1.82, 2.24) is 20.9 Å². The lowest BCUT2D eigenvalue weighted by molar-refractivity contribution is 0.0951. The van der Waals surface area contributed by atoms with Crippen molar-refractivity contribution in [2.75, 3.05) is 47.9 Å². The third-order valence-electron chi connectivity index (χ3n) is 4.84. The maximum absolute atomic E-state index is 12.3. The summed E-state index contributed by atoms with van der Waals surface area (Å²) in [4.78, 5) is 18.7. The maximum atomic E-state index is 12.3. The van der Waals surface area contributed by atoms with Gasteiger partial charge in [0.2, 0.25) is 0 Å². The molecule has 176 valence electrons. The number of ether oxygens (including phenoxy) is 1. The van der Waals surface area contributed by atoms with Crippen LogP contribution < -0.4 is 20.7 Å². The number of guanidine groups is 1. The Bertz CT molecular complexity index is 886. The van der Waals surface area contributed by atoms with Crippen LogP contribution in [0.25, 0.3) is 0 Å². The number of benzene rings is 2. The Kier molecular flexibility index (Phi) is 12.7. The number of hydrogen-bond acceptors (Lipinski definition) is 4. The molecule has 2 aromatic carbocycles. The summed E-state index contributed by atoms with van der Waals surface area (Å²) in [5.41, 5.74) is 4.05. The number of hydrogen-bond donors (Lipinski definition) is 3. The molecule has 0 aromatic heterocycles. The Morgan fingerprint density at radius 2 is 1.84 bits per heavy atom. The summed E-state index contributed by atoms with van der Waals surface area (Å²) in [6.45, 7) is 4.81. The zero-order chi connectivity index (χ0) is 22.6. The first kappa shape index (κ1) is 27.7. The summed E-state index contributed by atoms with van der Waals surface area (Å²) >= 11 is 0. The fourth-order valence-corrected chi connectivity index (χ4v) is 3.14. The van der Waals surface area contributed by atoms with E-state index in [0.717, 1.165) is 30.8 Å². The van der Waals surface area contributed by atoms with Gasteiger partial charge in [0.15, 0.2) is 5.96 Å². The number of rotatable bonds is 10. The van der Waals surface area contributed by atoms with Crippen molar-refractivity contribution in [1.29, 1.82) is 0 Å². The number of carbonyl (C=O) groups excluding carboxylic acids is 1. The highest BCUT2D eigenvalue weighted by atomic mass is 127. The molecular weight excluding hydrogens is 517 g/mol. The average Bonchev–Trinajstić information content (AvgIpc) is 2.76. The van der Waals surface area contributed by atoms with Crippen LogP contribution >= 0.6 is 24.0 Å². The number of likely N-dealkylation sites (N-methyl/N-ethyl adjacent to an activating group) is 1. The largest absolute Gasteiger partial charge is 0.496 e. The van der Waals surface area contributed by atoms with Crippen molar-refractivity contribution in [3.8, 4) is 5.75 Å². The molecule has 8 heteroatoms. The average molecular weight is 553 g/mol. The van der Waals surface area contributed by atoms with Crippen LogP contribution in [0.4, 0.5) is 0 Å². The van der Waals surface area contributed by atoms with Gasteiger partial charge in [-0.3, -0.25) is 9.79 Å². The van der Waals surface area contributed by atoms with Crippen molar-refractivity contribution in [3.63, 3.8) is 0 Å². The molecule has 0 saturated heterocycles. The minimum absolute atomic E-state index is 0. The molecule has 0 aliphatic heterocycles. The van der Waals surface area contributed by atoms with Crippen LogP contribution in [0.15, 0.2) is 47.5 Å². The molecule has 1 amide bonds. The number of methoxy groups -OCH3 is 1. The van der Waals surface area contributed by atoms with Gasteiger partial charge in [-0.15, -0.1) is 24.0 Å². The zero-order valence-electron chi connectivity index (χ0n) is 19.7. The van der Waals surface area contributed by atoms with E-state index >= 15 is 0 Å². The number of nitrogens with one attached hydrogen (secondary N) is 3. The highest BCUT2D eigenvalue weighted by Gasteiger charge is 2.07. The lowest BCUT2D eigenvalue weighted by Crippen LogP contribution is -2.38. The molecule has 32 heavy (non-hydrogen) atoms. The van der Waals surface area contributed by atoms with Gasteiger partial charge < -0.3 is 25.6 Å². The SMILES string of the molecule is CN=C(NCCc1cc(C)ccc1OC)NCc1cccc(C(=O)NCCN(C)C)c1.I. The van der Waals surface area contributed by atoms with Gasteiger partial charge in [0, 0.05) is 38.8 Å². The second-order valence-corrected chi connectivity index (χ2v) is 7.68. The molecule has 0 aliphatic rings. The van der Waals surface area contributed by atoms with Gasteiger partial charge in [0.25, 0.3) is 5.91 Å². The van der Waals surface area contributed by atoms with Gasteiger partial charge in [-0.2, -0.15) is 0 Å². The standard InChI is InChI=1S/C24H35N5O2.HI/c1-18-9-10-22(31-5)20(15-18)11-12-27-24(25-2)28-17-19-7-6-8-21(16-19)23(30)26-13-14-29(3)4;/h6-10,15-16H,11-14,17H2,1-5H3,(H,26,30)(H2,25,27,28);1H. The van der Waals surface area contributed by atoms with Crippen LogP contribution in [0, 0.1) is 6.92 Å². The quantitative estimate of drug-likeness (QED) is 0.240. The summed E-state index contributed by atoms with van der Waals surface area (Å²) in [6, 6.07) is 13.8. The van der Waals surface area contributed by atoms with E-state index in [-0.39, 0.29) is 29.9 Å². The number of aryl methyl sites for hydroxylation is 1. The predicted octanol–water partition coefficient (Wildman–Crippen LogP) is 2.82. The molecule has 0 saturated carbocycles. The van der Waals surface area contributed by atoms with Crippen molar-refractivity contribution in [2.24, 2.45) is 4.99 Å². The molecule has 0 fully saturated rings. The third kappa shape index (κ3) is 9.44. The van der Waals surface area contributed by atoms with Crippen LogP contribution in [0.2, 0.25) is 0 Å². The van der Waals surface area contributed by atoms with E-state index in [4.69, 9.17) is 4.74 Å². The first-order valence-corrected chi connectivity index (χ1v) is 10.5. The molecule has 0 heterocycles. The summed E-state index contributed by atoms with van der Waals surface area (Å²) in [7, 11) is 7.41. The molecule has 7 nitrogen and oxygen atoms in total. The van der Waals surface area contributed by atoms with E-state index in [0.29, 0.717) is 24.6 Å². The number of amides is 1. The fraction of sp³-hybridized carbons (Fsp3) is 0.417. The molecule has 0 atom stereocenters. The number of halogens is 1. The maximum Gasteiger partial charge on any atom is 0.251 e. The smallest absolute Gasteiger partial charge is 0.251 e. The first-order chi connectivity index (χ1) is 14.9. The van der Waals surface area contributed by atoms with E-state index in [1.54, 1.807) is 14.2 Å². The lowest BCUT2D eigenvalue weighted by atomic mass is 10.1. The van der Waals surface area contributed by atoms with Crippen LogP contribution in [0.3, 0.4) is 0 Å². The normalized spacial score (nSPS) is 11.0. The Hall–Kier alpha value is -2.33. The molecule has 2 aromatic rings. The zero-order valence-corrected chi connectivity index (χ0v) is 22.0. The summed E-state index contributed by atoms with van der Waals surface area (Å²) in [5, 5.41) is 9.58. The van der Waals surface area contributed by atoms with Crippen LogP contribution in [-0.4, -0.2) is 64.7 Å². The third-order valence-corrected chi connectivity index (χ3v) is 4.84. The monoisotopic (exact) mass is 553 g/mol. The second-order valence-electron chi connectivity index (χ2n) is 7.68. The van der Waals surface area contributed by atoms with Crippen LogP contribution in [-0.2, 0) is 13.0 Å². The summed E-state index contributed by atoms with van der Waals surface area (Å²) < 4.78 is 5.45. The Balaban J connectivity index is 0.00000512. The van der Waals surface area contributed by atoms with Gasteiger partial charge in [0.1, 0.15) is 5.75 Å². The molecule has 2 rings (SSSR count). The highest BCUT2D eigenvalue weighted by Crippen LogP contribution is 2.19. The molecule has 0 radical (unpaired) electrons. The lowest BCUT2D eigenvalue weighted by Gasteiger charge is -2.14. The van der Waals surface area contributed by atoms with Gasteiger partial charge in [0.05, 0.1) is 7.11 Å². The van der Waals surface area contributed by atoms with E-state index in [1.807, 2.05) is 55.4 Å². The molecule has 0 spiro atoms. The minimum atomic E-state index is -0.0571. The van der Waals surface area contributed by atoms with E-state index in [9.17, 15) is 4.79 Å². The molecule has 3 N–H and O–H groups in total. The molecular formula is C24H36IN5O2. The second kappa shape index (κ2) is 14.7. The summed E-state index contributed by atoms with van der Waals surface area (Å²) in [5.74, 6) is 1.56. The Morgan fingerprint density at radius 3 is 2.53 bits per heavy atom. The Labute approximate surface area is 209 Å². The Morgan fingerprint density at radius 1 is 1.06 bits per heavy atom. The van der Waals surface area contributed by atoms with Crippen molar-refractivity contribution >= 4 is 35.8 Å². The van der Waals surface area contributed by atoms with Crippen LogP contribution in [0.1, 0.15) is 27.0 Å². The van der Waals surface area contributed by atoms with E-state index < -0.39 is 0 Å². The number of nitrogens with zero attached hydrogens (tertiary/aromatic N) is 2. The van der Waals surface area contributed by atoms with Crippen molar-refractivity contribution < 1.29 is 9.53 Å². The van der Waals surface area contributed by atoms with E-state index in [2.05, 4.69) is 33.9 Å². The van der Waals surface area contributed by atoms with Gasteiger partial charge >= 0.3 is 0 Å². The van der Waals surface area contributed by atoms with E-state index in [1.165, 1.54) is 11.1 Å². The van der Waals surface area contributed by atoms with Gasteiger partial charge in [-0.05, 0) is 56.8 Å². The molecule has 0 unspecified atom stereocenters. The number of carbonyl (C=O) groups is 1. The molecule has 0 aliphatic carbocycles. The topological polar surface area (TPSA) is 78.0 Å². The highest BCUT2D eigenvalue weighted by molar-refractivity contribution is 14.0. The fourth-order valence-electron chi connectivity index (χ4n) is 3.14. The molecule has 0 bridgehead atoms. The van der Waals surface area contributed by atoms with Gasteiger partial charge in [-0.25, -0.2) is 0 Å². The predicted molar refractivity (Wildman–Crippen MR) is 142 cm³/mol. The van der Waals surface area contributed by atoms with Crippen molar-refractivity contribution in [2.45, 2.75) is 19.9 Å². The number of aliphatic imine (C=N–C) groups is 1. The minimum Gasteiger partial charge on any atom is -0.496 e.